The van der Waals surface area contributed by atoms with Crippen LogP contribution in [-0.4, -0.2) is 43.1 Å². The highest BCUT2D eigenvalue weighted by molar-refractivity contribution is 5.90. The van der Waals surface area contributed by atoms with Gasteiger partial charge in [-0.25, -0.2) is 14.4 Å². The molecule has 1 unspecified atom stereocenters. The number of halogens is 4. The van der Waals surface area contributed by atoms with E-state index in [9.17, 15) is 22.4 Å². The predicted octanol–water partition coefficient (Wildman–Crippen LogP) is 2.43. The number of fused-ring (bicyclic) bond motifs is 3. The third-order valence-corrected chi connectivity index (χ3v) is 5.65. The van der Waals surface area contributed by atoms with E-state index in [1.54, 1.807) is 6.07 Å². The third-order valence-electron chi connectivity index (χ3n) is 5.65. The Labute approximate surface area is 189 Å². The predicted molar refractivity (Wildman–Crippen MR) is 112 cm³/mol. The van der Waals surface area contributed by atoms with Crippen LogP contribution in [0.2, 0.25) is 0 Å². The zero-order valence-electron chi connectivity index (χ0n) is 17.5. The lowest BCUT2D eigenvalue weighted by Gasteiger charge is -2.13. The van der Waals surface area contributed by atoms with Crippen LogP contribution < -0.4 is 16.1 Å². The summed E-state index contributed by atoms with van der Waals surface area (Å²) < 4.78 is 55.6. The van der Waals surface area contributed by atoms with Crippen LogP contribution in [0.1, 0.15) is 23.7 Å². The molecule has 1 aliphatic rings. The molecule has 0 bridgehead atoms. The Balaban J connectivity index is 1.63. The highest BCUT2D eigenvalue weighted by atomic mass is 19.4. The maximum absolute atomic E-state index is 13.3. The molecular weight excluding hydrogens is 456 g/mol. The molecule has 13 heteroatoms. The van der Waals surface area contributed by atoms with Gasteiger partial charge in [-0.1, -0.05) is 0 Å². The summed E-state index contributed by atoms with van der Waals surface area (Å²) in [5, 5.41) is 19.0. The van der Waals surface area contributed by atoms with Crippen molar-refractivity contribution < 1.29 is 22.4 Å². The van der Waals surface area contributed by atoms with E-state index in [2.05, 4.69) is 25.7 Å². The lowest BCUT2D eigenvalue weighted by atomic mass is 10.1. The van der Waals surface area contributed by atoms with Gasteiger partial charge in [0.25, 0.3) is 0 Å². The van der Waals surface area contributed by atoms with Gasteiger partial charge in [0.1, 0.15) is 35.0 Å². The van der Waals surface area contributed by atoms with E-state index < -0.39 is 23.6 Å². The number of nitrogens with zero attached hydrogens (tertiary/aromatic N) is 5. The summed E-state index contributed by atoms with van der Waals surface area (Å²) >= 11 is 0. The molecule has 1 amide bonds. The Morgan fingerprint density at radius 1 is 1.26 bits per heavy atom. The molecule has 1 aliphatic heterocycles. The van der Waals surface area contributed by atoms with Gasteiger partial charge < -0.3 is 15.2 Å². The average Bonchev–Trinajstić information content (AvgIpc) is 3.47. The van der Waals surface area contributed by atoms with E-state index >= 15 is 0 Å². The fourth-order valence-electron chi connectivity index (χ4n) is 3.99. The summed E-state index contributed by atoms with van der Waals surface area (Å²) in [5.41, 5.74) is -0.525. The first kappa shape index (κ1) is 21.9. The SMILES string of the molecule is N=c1c2ccc(C(F)(F)F)nc2n2nc(C3CCNC3)cc2n1CC(=O)Nc1ccc(F)cn1. The normalized spacial score (nSPS) is 16.4. The quantitative estimate of drug-likeness (QED) is 0.394. The second kappa shape index (κ2) is 8.17. The summed E-state index contributed by atoms with van der Waals surface area (Å²) in [5.74, 6) is -0.946. The lowest BCUT2D eigenvalue weighted by Crippen LogP contribution is -2.30. The molecule has 0 aliphatic carbocycles. The Morgan fingerprint density at radius 2 is 2.09 bits per heavy atom. The summed E-state index contributed by atoms with van der Waals surface area (Å²) in [7, 11) is 0. The molecule has 4 aromatic heterocycles. The minimum absolute atomic E-state index is 0.0422. The Bertz CT molecular complexity index is 1450. The van der Waals surface area contributed by atoms with Gasteiger partial charge >= 0.3 is 6.18 Å². The van der Waals surface area contributed by atoms with Crippen molar-refractivity contribution in [3.8, 4) is 0 Å². The number of nitrogens with one attached hydrogen (secondary N) is 3. The second-order valence-corrected chi connectivity index (χ2v) is 7.94. The largest absolute Gasteiger partial charge is 0.433 e. The molecule has 4 aromatic rings. The van der Waals surface area contributed by atoms with Crippen LogP contribution in [0.5, 0.6) is 0 Å². The average molecular weight is 474 g/mol. The lowest BCUT2D eigenvalue weighted by molar-refractivity contribution is -0.141. The number of amides is 1. The van der Waals surface area contributed by atoms with Crippen molar-refractivity contribution in [3.63, 3.8) is 0 Å². The van der Waals surface area contributed by atoms with Crippen LogP contribution in [0.3, 0.4) is 0 Å². The number of aromatic nitrogens is 5. The van der Waals surface area contributed by atoms with Gasteiger partial charge in [0.05, 0.1) is 17.3 Å². The second-order valence-electron chi connectivity index (χ2n) is 7.94. The highest BCUT2D eigenvalue weighted by Crippen LogP contribution is 2.29. The number of pyridine rings is 2. The summed E-state index contributed by atoms with van der Waals surface area (Å²) in [6, 6.07) is 6.05. The molecule has 0 aromatic carbocycles. The number of anilines is 1. The Hall–Kier alpha value is -3.87. The minimum Gasteiger partial charge on any atom is -0.316 e. The van der Waals surface area contributed by atoms with Crippen LogP contribution in [-0.2, 0) is 17.5 Å². The van der Waals surface area contributed by atoms with Gasteiger partial charge in [-0.15, -0.1) is 0 Å². The van der Waals surface area contributed by atoms with Gasteiger partial charge in [0.2, 0.25) is 5.91 Å². The molecule has 34 heavy (non-hydrogen) atoms. The van der Waals surface area contributed by atoms with E-state index in [0.717, 1.165) is 37.4 Å². The molecule has 3 N–H and O–H groups in total. The van der Waals surface area contributed by atoms with Crippen LogP contribution in [0.4, 0.5) is 23.4 Å². The van der Waals surface area contributed by atoms with Crippen molar-refractivity contribution in [1.29, 1.82) is 5.41 Å². The number of hydrogen-bond donors (Lipinski definition) is 3. The number of rotatable bonds is 4. The molecule has 0 spiro atoms. The number of hydrogen-bond acceptors (Lipinski definition) is 6. The fraction of sp³-hybridized carbons (Fsp3) is 0.286. The number of carbonyl (C=O) groups is 1. The molecule has 176 valence electrons. The van der Waals surface area contributed by atoms with Crippen molar-refractivity contribution in [3.05, 3.63) is 59.2 Å². The fourth-order valence-corrected chi connectivity index (χ4v) is 3.99. The summed E-state index contributed by atoms with van der Waals surface area (Å²) in [6.07, 6.45) is -2.91. The molecule has 1 saturated heterocycles. The van der Waals surface area contributed by atoms with Crippen LogP contribution in [0.15, 0.2) is 36.5 Å². The van der Waals surface area contributed by atoms with Crippen molar-refractivity contribution in [2.24, 2.45) is 0 Å². The monoisotopic (exact) mass is 474 g/mol. The summed E-state index contributed by atoms with van der Waals surface area (Å²) in [6.45, 7) is 1.10. The van der Waals surface area contributed by atoms with Crippen molar-refractivity contribution in [2.75, 3.05) is 18.4 Å². The number of carbonyl (C=O) groups excluding carboxylic acids is 1. The van der Waals surface area contributed by atoms with Crippen molar-refractivity contribution in [2.45, 2.75) is 25.1 Å². The van der Waals surface area contributed by atoms with Crippen LogP contribution >= 0.6 is 0 Å². The zero-order valence-corrected chi connectivity index (χ0v) is 17.5. The van der Waals surface area contributed by atoms with Crippen molar-refractivity contribution >= 4 is 28.4 Å². The van der Waals surface area contributed by atoms with E-state index in [4.69, 9.17) is 5.41 Å². The molecule has 5 rings (SSSR count). The molecule has 0 saturated carbocycles. The smallest absolute Gasteiger partial charge is 0.316 e. The van der Waals surface area contributed by atoms with E-state index in [1.165, 1.54) is 15.1 Å². The Morgan fingerprint density at radius 3 is 2.76 bits per heavy atom. The molecule has 1 fully saturated rings. The Kier molecular flexibility index (Phi) is 5.27. The summed E-state index contributed by atoms with van der Waals surface area (Å²) in [4.78, 5) is 20.2. The van der Waals surface area contributed by atoms with Crippen molar-refractivity contribution in [1.82, 2.24) is 29.5 Å². The maximum Gasteiger partial charge on any atom is 0.433 e. The minimum atomic E-state index is -4.66. The molecule has 1 atom stereocenters. The van der Waals surface area contributed by atoms with E-state index in [1.807, 2.05) is 0 Å². The van der Waals surface area contributed by atoms with Gasteiger partial charge in [0.15, 0.2) is 5.65 Å². The molecular formula is C21H18F4N8O. The van der Waals surface area contributed by atoms with Gasteiger partial charge in [-0.05, 0) is 37.2 Å². The van der Waals surface area contributed by atoms with E-state index in [0.29, 0.717) is 12.2 Å². The van der Waals surface area contributed by atoms with Gasteiger partial charge in [0, 0.05) is 18.5 Å². The van der Waals surface area contributed by atoms with E-state index in [-0.39, 0.29) is 40.4 Å². The number of alkyl halides is 3. The standard InChI is InChI=1S/C21H18F4N8O/c22-12-1-4-16(28-9-12)30-17(34)10-32-18-7-14(11-5-6-27-8-11)31-33(18)20-13(19(32)26)2-3-15(29-20)21(23,24)25/h1-4,7,9,11,26-27H,5-6,8,10H2,(H,28,30,34). The van der Waals surface area contributed by atoms with Gasteiger partial charge in [-0.3, -0.25) is 10.2 Å². The van der Waals surface area contributed by atoms with Crippen LogP contribution in [0, 0.1) is 11.2 Å². The topological polar surface area (TPSA) is 113 Å². The first-order valence-electron chi connectivity index (χ1n) is 10.4. The van der Waals surface area contributed by atoms with Gasteiger partial charge in [-0.2, -0.15) is 22.8 Å². The third kappa shape index (κ3) is 3.98. The zero-order chi connectivity index (χ0) is 24.0. The maximum atomic E-state index is 13.3. The molecule has 5 heterocycles. The van der Waals surface area contributed by atoms with Crippen LogP contribution in [0.25, 0.3) is 16.7 Å². The molecule has 0 radical (unpaired) electrons. The first-order chi connectivity index (χ1) is 16.2. The first-order valence-corrected chi connectivity index (χ1v) is 10.4. The molecule has 9 nitrogen and oxygen atoms in total. The highest BCUT2D eigenvalue weighted by Gasteiger charge is 2.33.